The molecule has 0 aliphatic rings. The van der Waals surface area contributed by atoms with Crippen molar-refractivity contribution in [3.8, 4) is 0 Å². The number of aromatic carboxylic acids is 1. The van der Waals surface area contributed by atoms with E-state index in [0.717, 1.165) is 28.6 Å². The van der Waals surface area contributed by atoms with Gasteiger partial charge in [0.1, 0.15) is 9.71 Å². The second-order valence-corrected chi connectivity index (χ2v) is 4.32. The Morgan fingerprint density at radius 2 is 2.40 bits per heavy atom. The van der Waals surface area contributed by atoms with Gasteiger partial charge in [-0.05, 0) is 18.1 Å². The van der Waals surface area contributed by atoms with Gasteiger partial charge in [-0.3, -0.25) is 0 Å². The Bertz CT molecular complexity index is 504. The third-order valence-corrected chi connectivity index (χ3v) is 3.41. The van der Waals surface area contributed by atoms with Gasteiger partial charge in [-0.1, -0.05) is 19.4 Å². The summed E-state index contributed by atoms with van der Waals surface area (Å²) in [5.41, 5.74) is 0.929. The quantitative estimate of drug-likeness (QED) is 0.866. The molecule has 0 saturated carbocycles. The van der Waals surface area contributed by atoms with E-state index in [-0.39, 0.29) is 0 Å². The number of hydrogen-bond acceptors (Lipinski definition) is 3. The van der Waals surface area contributed by atoms with Gasteiger partial charge in [-0.15, -0.1) is 11.3 Å². The molecule has 2 heterocycles. The molecule has 0 aromatic carbocycles. The van der Waals surface area contributed by atoms with Crippen LogP contribution in [0.15, 0.2) is 18.3 Å². The van der Waals surface area contributed by atoms with Gasteiger partial charge >= 0.3 is 5.97 Å². The number of nitrogens with zero attached hydrogens (tertiary/aromatic N) is 1. The number of carboxylic acids is 1. The van der Waals surface area contributed by atoms with Crippen LogP contribution in [0.3, 0.4) is 0 Å². The Morgan fingerprint density at radius 1 is 1.60 bits per heavy atom. The molecule has 0 fully saturated rings. The highest BCUT2D eigenvalue weighted by molar-refractivity contribution is 7.20. The van der Waals surface area contributed by atoms with Crippen molar-refractivity contribution in [1.82, 2.24) is 4.98 Å². The van der Waals surface area contributed by atoms with E-state index in [1.165, 1.54) is 11.3 Å². The fraction of sp³-hybridized carbons (Fsp3) is 0.273. The summed E-state index contributed by atoms with van der Waals surface area (Å²) in [6, 6.07) is 3.79. The number of carboxylic acid groups (broad SMARTS) is 1. The molecule has 0 aliphatic heterocycles. The molecule has 15 heavy (non-hydrogen) atoms. The number of aryl methyl sites for hydroxylation is 1. The van der Waals surface area contributed by atoms with Gasteiger partial charge in [-0.25, -0.2) is 9.78 Å². The fourth-order valence-corrected chi connectivity index (χ4v) is 2.68. The molecule has 0 bridgehead atoms. The largest absolute Gasteiger partial charge is 0.477 e. The van der Waals surface area contributed by atoms with Crippen LogP contribution in [0.4, 0.5) is 0 Å². The lowest BCUT2D eigenvalue weighted by molar-refractivity contribution is 0.0701. The SMILES string of the molecule is CCCc1c(C(=O)O)sc2ncccc12. The van der Waals surface area contributed by atoms with E-state index >= 15 is 0 Å². The molecular weight excluding hydrogens is 210 g/mol. The van der Waals surface area contributed by atoms with Crippen LogP contribution in [-0.4, -0.2) is 16.1 Å². The number of pyridine rings is 1. The Balaban J connectivity index is 2.68. The Kier molecular flexibility index (Phi) is 2.68. The molecule has 0 aliphatic carbocycles. The molecule has 0 radical (unpaired) electrons. The standard InChI is InChI=1S/C11H11NO2S/c1-2-4-7-8-5-3-6-12-10(8)15-9(7)11(13)14/h3,5-6H,2,4H2,1H3,(H,13,14). The van der Waals surface area contributed by atoms with E-state index in [1.807, 2.05) is 19.1 Å². The van der Waals surface area contributed by atoms with E-state index in [0.29, 0.717) is 4.88 Å². The molecule has 2 rings (SSSR count). The molecule has 0 atom stereocenters. The summed E-state index contributed by atoms with van der Waals surface area (Å²) in [6.45, 7) is 2.05. The molecule has 2 aromatic heterocycles. The average molecular weight is 221 g/mol. The summed E-state index contributed by atoms with van der Waals surface area (Å²) >= 11 is 1.26. The maximum atomic E-state index is 11.0. The van der Waals surface area contributed by atoms with Gasteiger partial charge < -0.3 is 5.11 Å². The minimum absolute atomic E-state index is 0.436. The third kappa shape index (κ3) is 1.72. The van der Waals surface area contributed by atoms with Gasteiger partial charge in [0.25, 0.3) is 0 Å². The zero-order chi connectivity index (χ0) is 10.8. The highest BCUT2D eigenvalue weighted by atomic mass is 32.1. The van der Waals surface area contributed by atoms with E-state index in [9.17, 15) is 4.79 Å². The molecule has 4 heteroatoms. The van der Waals surface area contributed by atoms with Gasteiger partial charge in [-0.2, -0.15) is 0 Å². The number of aromatic nitrogens is 1. The predicted octanol–water partition coefficient (Wildman–Crippen LogP) is 2.95. The van der Waals surface area contributed by atoms with Crippen LogP contribution < -0.4 is 0 Å². The van der Waals surface area contributed by atoms with Gasteiger partial charge in [0, 0.05) is 11.6 Å². The lowest BCUT2D eigenvalue weighted by Crippen LogP contribution is -1.97. The maximum Gasteiger partial charge on any atom is 0.346 e. The van der Waals surface area contributed by atoms with Crippen molar-refractivity contribution in [2.45, 2.75) is 19.8 Å². The van der Waals surface area contributed by atoms with Crippen molar-refractivity contribution >= 4 is 27.5 Å². The van der Waals surface area contributed by atoms with Gasteiger partial charge in [0.2, 0.25) is 0 Å². The summed E-state index contributed by atoms with van der Waals surface area (Å²) in [6.07, 6.45) is 3.44. The first kappa shape index (κ1) is 10.1. The van der Waals surface area contributed by atoms with Crippen molar-refractivity contribution in [2.75, 3.05) is 0 Å². The van der Waals surface area contributed by atoms with Gasteiger partial charge in [0.05, 0.1) is 0 Å². The molecule has 2 aromatic rings. The Hall–Kier alpha value is -1.42. The molecular formula is C11H11NO2S. The summed E-state index contributed by atoms with van der Waals surface area (Å²) in [5, 5.41) is 10.1. The summed E-state index contributed by atoms with van der Waals surface area (Å²) in [4.78, 5) is 16.5. The second kappa shape index (κ2) is 3.98. The first-order chi connectivity index (χ1) is 7.24. The number of hydrogen-bond donors (Lipinski definition) is 1. The zero-order valence-electron chi connectivity index (χ0n) is 8.36. The van der Waals surface area contributed by atoms with Crippen LogP contribution in [0.2, 0.25) is 0 Å². The van der Waals surface area contributed by atoms with Crippen molar-refractivity contribution in [1.29, 1.82) is 0 Å². The van der Waals surface area contributed by atoms with Gasteiger partial charge in [0.15, 0.2) is 0 Å². The molecule has 3 nitrogen and oxygen atoms in total. The van der Waals surface area contributed by atoms with Crippen LogP contribution >= 0.6 is 11.3 Å². The first-order valence-corrected chi connectivity index (χ1v) is 5.65. The topological polar surface area (TPSA) is 50.2 Å². The van der Waals surface area contributed by atoms with Crippen molar-refractivity contribution in [2.24, 2.45) is 0 Å². The number of carbonyl (C=O) groups is 1. The number of thiophene rings is 1. The van der Waals surface area contributed by atoms with Crippen molar-refractivity contribution < 1.29 is 9.90 Å². The third-order valence-electron chi connectivity index (χ3n) is 2.26. The van der Waals surface area contributed by atoms with Crippen molar-refractivity contribution in [3.63, 3.8) is 0 Å². The normalized spacial score (nSPS) is 10.7. The van der Waals surface area contributed by atoms with E-state index in [2.05, 4.69) is 4.98 Å². The van der Waals surface area contributed by atoms with E-state index < -0.39 is 5.97 Å². The van der Waals surface area contributed by atoms with Crippen LogP contribution in [0, 0.1) is 0 Å². The monoisotopic (exact) mass is 221 g/mol. The number of fused-ring (bicyclic) bond motifs is 1. The molecule has 78 valence electrons. The van der Waals surface area contributed by atoms with Crippen LogP contribution in [0.1, 0.15) is 28.6 Å². The highest BCUT2D eigenvalue weighted by Gasteiger charge is 2.16. The van der Waals surface area contributed by atoms with Crippen LogP contribution in [-0.2, 0) is 6.42 Å². The zero-order valence-corrected chi connectivity index (χ0v) is 9.17. The van der Waals surface area contributed by atoms with Crippen molar-refractivity contribution in [3.05, 3.63) is 28.8 Å². The lowest BCUT2D eigenvalue weighted by atomic mass is 10.1. The van der Waals surface area contributed by atoms with E-state index in [4.69, 9.17) is 5.11 Å². The van der Waals surface area contributed by atoms with Crippen LogP contribution in [0.25, 0.3) is 10.2 Å². The summed E-state index contributed by atoms with van der Waals surface area (Å²) < 4.78 is 0. The Morgan fingerprint density at radius 3 is 3.07 bits per heavy atom. The van der Waals surface area contributed by atoms with E-state index in [1.54, 1.807) is 6.20 Å². The van der Waals surface area contributed by atoms with Crippen LogP contribution in [0.5, 0.6) is 0 Å². The minimum Gasteiger partial charge on any atom is -0.477 e. The Labute approximate surface area is 91.4 Å². The molecule has 1 N–H and O–H groups in total. The maximum absolute atomic E-state index is 11.0. The summed E-state index contributed by atoms with van der Waals surface area (Å²) in [5.74, 6) is -0.846. The average Bonchev–Trinajstić information content (AvgIpc) is 2.58. The smallest absolute Gasteiger partial charge is 0.346 e. The predicted molar refractivity (Wildman–Crippen MR) is 60.6 cm³/mol. The molecule has 0 amide bonds. The number of rotatable bonds is 3. The minimum atomic E-state index is -0.846. The molecule has 0 unspecified atom stereocenters. The first-order valence-electron chi connectivity index (χ1n) is 4.83. The lowest BCUT2D eigenvalue weighted by Gasteiger charge is -1.97. The molecule has 0 spiro atoms. The summed E-state index contributed by atoms with van der Waals surface area (Å²) in [7, 11) is 0. The highest BCUT2D eigenvalue weighted by Crippen LogP contribution is 2.30. The fourth-order valence-electron chi connectivity index (χ4n) is 1.65. The molecule has 0 saturated heterocycles. The second-order valence-electron chi connectivity index (χ2n) is 3.32.